The Bertz CT molecular complexity index is 714. The molecule has 3 N–H and O–H groups in total. The number of piperidine rings is 2. The standard InChI is InChI=1S/C23H37N5O2.HI/c1-3-30-23(29)28-13-9-21(10-14-28)26-22(24)25-16-19-5-4-6-20(15-19)17-27-11-7-18(2)8-12-27;/h4-6,15,18,21H,3,7-14,16-17H2,1-2H3,(H3,24,25,26);1H. The van der Waals surface area contributed by atoms with E-state index in [1.807, 2.05) is 6.92 Å². The maximum atomic E-state index is 11.8. The highest BCUT2D eigenvalue weighted by Gasteiger charge is 2.23. The van der Waals surface area contributed by atoms with E-state index in [9.17, 15) is 4.79 Å². The van der Waals surface area contributed by atoms with Gasteiger partial charge in [0.15, 0.2) is 5.96 Å². The lowest BCUT2D eigenvalue weighted by atomic mass is 9.98. The fraction of sp³-hybridized carbons (Fsp3) is 0.652. The highest BCUT2D eigenvalue weighted by atomic mass is 127. The highest BCUT2D eigenvalue weighted by molar-refractivity contribution is 14.0. The fourth-order valence-corrected chi connectivity index (χ4v) is 4.16. The molecule has 0 unspecified atom stereocenters. The third kappa shape index (κ3) is 8.48. The summed E-state index contributed by atoms with van der Waals surface area (Å²) in [6, 6.07) is 8.90. The lowest BCUT2D eigenvalue weighted by Crippen LogP contribution is -2.48. The van der Waals surface area contributed by atoms with Crippen molar-refractivity contribution in [1.82, 2.24) is 15.1 Å². The summed E-state index contributed by atoms with van der Waals surface area (Å²) >= 11 is 0. The number of likely N-dealkylation sites (tertiary alicyclic amines) is 2. The van der Waals surface area contributed by atoms with E-state index in [1.165, 1.54) is 37.1 Å². The molecule has 2 aliphatic rings. The van der Waals surface area contributed by atoms with E-state index in [4.69, 9.17) is 10.5 Å². The number of hydrogen-bond donors (Lipinski definition) is 2. The Hall–Kier alpha value is -1.55. The van der Waals surface area contributed by atoms with Gasteiger partial charge in [-0.1, -0.05) is 31.2 Å². The van der Waals surface area contributed by atoms with Gasteiger partial charge in [-0.15, -0.1) is 24.0 Å². The monoisotopic (exact) mass is 543 g/mol. The molecule has 0 aliphatic carbocycles. The van der Waals surface area contributed by atoms with Gasteiger partial charge in [0.1, 0.15) is 0 Å². The van der Waals surface area contributed by atoms with Crippen LogP contribution in [0.4, 0.5) is 4.79 Å². The molecule has 0 radical (unpaired) electrons. The van der Waals surface area contributed by atoms with Crippen LogP contribution in [0.15, 0.2) is 29.3 Å². The van der Waals surface area contributed by atoms with Crippen molar-refractivity contribution in [3.05, 3.63) is 35.4 Å². The van der Waals surface area contributed by atoms with Crippen molar-refractivity contribution in [1.29, 1.82) is 0 Å². The predicted molar refractivity (Wildman–Crippen MR) is 136 cm³/mol. The molecule has 174 valence electrons. The van der Waals surface area contributed by atoms with Crippen LogP contribution in [0, 0.1) is 5.92 Å². The molecule has 2 aliphatic heterocycles. The summed E-state index contributed by atoms with van der Waals surface area (Å²) in [5.41, 5.74) is 8.64. The molecule has 8 heteroatoms. The number of hydrogen-bond acceptors (Lipinski definition) is 4. The number of aliphatic imine (C=N–C) groups is 1. The molecule has 1 amide bonds. The third-order valence-electron chi connectivity index (χ3n) is 6.08. The summed E-state index contributed by atoms with van der Waals surface area (Å²) in [5, 5.41) is 3.31. The summed E-state index contributed by atoms with van der Waals surface area (Å²) in [6.07, 6.45) is 4.06. The van der Waals surface area contributed by atoms with Crippen LogP contribution in [0.1, 0.15) is 50.7 Å². The van der Waals surface area contributed by atoms with Crippen LogP contribution in [0.3, 0.4) is 0 Å². The maximum absolute atomic E-state index is 11.8. The Morgan fingerprint density at radius 2 is 1.84 bits per heavy atom. The van der Waals surface area contributed by atoms with E-state index in [0.717, 1.165) is 25.3 Å². The van der Waals surface area contributed by atoms with Crippen LogP contribution >= 0.6 is 24.0 Å². The number of nitrogens with zero attached hydrogens (tertiary/aromatic N) is 3. The van der Waals surface area contributed by atoms with Gasteiger partial charge in [0.25, 0.3) is 0 Å². The van der Waals surface area contributed by atoms with E-state index in [2.05, 4.69) is 46.4 Å². The minimum atomic E-state index is -0.225. The van der Waals surface area contributed by atoms with Gasteiger partial charge in [-0.3, -0.25) is 4.90 Å². The van der Waals surface area contributed by atoms with Gasteiger partial charge in [0, 0.05) is 25.7 Å². The van der Waals surface area contributed by atoms with Gasteiger partial charge in [-0.2, -0.15) is 0 Å². The highest BCUT2D eigenvalue weighted by Crippen LogP contribution is 2.18. The Labute approximate surface area is 203 Å². The average molecular weight is 543 g/mol. The molecule has 0 aromatic heterocycles. The zero-order valence-electron chi connectivity index (χ0n) is 18.9. The van der Waals surface area contributed by atoms with Crippen LogP contribution < -0.4 is 11.1 Å². The van der Waals surface area contributed by atoms with Crippen LogP contribution in [0.5, 0.6) is 0 Å². The average Bonchev–Trinajstić information content (AvgIpc) is 2.75. The smallest absolute Gasteiger partial charge is 0.409 e. The SMILES string of the molecule is CCOC(=O)N1CCC(NC(N)=NCc2cccc(CN3CCC(C)CC3)c2)CC1.I. The largest absolute Gasteiger partial charge is 0.450 e. The number of amides is 1. The number of guanidine groups is 1. The Kier molecular flexibility index (Phi) is 10.9. The lowest BCUT2D eigenvalue weighted by molar-refractivity contribution is 0.0963. The number of ether oxygens (including phenoxy) is 1. The van der Waals surface area contributed by atoms with Crippen molar-refractivity contribution in [3.63, 3.8) is 0 Å². The van der Waals surface area contributed by atoms with Gasteiger partial charge in [0.05, 0.1) is 13.2 Å². The third-order valence-corrected chi connectivity index (χ3v) is 6.08. The molecule has 31 heavy (non-hydrogen) atoms. The lowest BCUT2D eigenvalue weighted by Gasteiger charge is -2.31. The molecule has 2 heterocycles. The number of nitrogens with two attached hydrogens (primary N) is 1. The Morgan fingerprint density at radius 3 is 2.52 bits per heavy atom. The summed E-state index contributed by atoms with van der Waals surface area (Å²) in [7, 11) is 0. The fourth-order valence-electron chi connectivity index (χ4n) is 4.16. The second kappa shape index (κ2) is 13.1. The molecule has 2 saturated heterocycles. The molecule has 1 aromatic carbocycles. The summed E-state index contributed by atoms with van der Waals surface area (Å²) < 4.78 is 5.06. The van der Waals surface area contributed by atoms with Crippen molar-refractivity contribution >= 4 is 36.0 Å². The van der Waals surface area contributed by atoms with Crippen molar-refractivity contribution in [2.24, 2.45) is 16.6 Å². The maximum Gasteiger partial charge on any atom is 0.409 e. The quantitative estimate of drug-likeness (QED) is 0.326. The van der Waals surface area contributed by atoms with Crippen LogP contribution in [0.25, 0.3) is 0 Å². The van der Waals surface area contributed by atoms with Gasteiger partial charge in [-0.25, -0.2) is 9.79 Å². The first kappa shape index (κ1) is 25.7. The molecule has 2 fully saturated rings. The summed E-state index contributed by atoms with van der Waals surface area (Å²) in [6.45, 7) is 9.91. The van der Waals surface area contributed by atoms with Gasteiger partial charge < -0.3 is 20.7 Å². The minimum Gasteiger partial charge on any atom is -0.450 e. The molecule has 0 bridgehead atoms. The number of halogens is 1. The van der Waals surface area contributed by atoms with E-state index in [1.54, 1.807) is 4.90 Å². The van der Waals surface area contributed by atoms with Gasteiger partial charge in [-0.05, 0) is 62.7 Å². The first-order valence-corrected chi connectivity index (χ1v) is 11.3. The molecule has 1 aromatic rings. The molecule has 3 rings (SSSR count). The molecule has 0 saturated carbocycles. The first-order valence-electron chi connectivity index (χ1n) is 11.3. The second-order valence-corrected chi connectivity index (χ2v) is 8.58. The zero-order chi connectivity index (χ0) is 21.3. The zero-order valence-corrected chi connectivity index (χ0v) is 21.2. The normalized spacial score (nSPS) is 19.0. The second-order valence-electron chi connectivity index (χ2n) is 8.58. The first-order chi connectivity index (χ1) is 14.5. The number of benzene rings is 1. The number of rotatable bonds is 6. The number of nitrogens with one attached hydrogen (secondary N) is 1. The Balaban J connectivity index is 0.00000341. The van der Waals surface area contributed by atoms with E-state index in [-0.39, 0.29) is 36.1 Å². The summed E-state index contributed by atoms with van der Waals surface area (Å²) in [5.74, 6) is 1.33. The Morgan fingerprint density at radius 1 is 1.16 bits per heavy atom. The van der Waals surface area contributed by atoms with Crippen molar-refractivity contribution < 1.29 is 9.53 Å². The van der Waals surface area contributed by atoms with E-state index < -0.39 is 0 Å². The number of carbonyl (C=O) groups excluding carboxylic acids is 1. The minimum absolute atomic E-state index is 0. The topological polar surface area (TPSA) is 83.2 Å². The molecular formula is C23H38IN5O2. The molecular weight excluding hydrogens is 505 g/mol. The van der Waals surface area contributed by atoms with Crippen molar-refractivity contribution in [3.8, 4) is 0 Å². The molecule has 0 spiro atoms. The van der Waals surface area contributed by atoms with Crippen molar-refractivity contribution in [2.75, 3.05) is 32.8 Å². The van der Waals surface area contributed by atoms with Crippen molar-refractivity contribution in [2.45, 2.75) is 58.7 Å². The number of carbonyl (C=O) groups is 1. The van der Waals surface area contributed by atoms with Crippen LogP contribution in [-0.4, -0.2) is 60.7 Å². The molecule has 0 atom stereocenters. The van der Waals surface area contributed by atoms with Gasteiger partial charge >= 0.3 is 6.09 Å². The predicted octanol–water partition coefficient (Wildman–Crippen LogP) is 3.56. The van der Waals surface area contributed by atoms with E-state index >= 15 is 0 Å². The molecule has 7 nitrogen and oxygen atoms in total. The van der Waals surface area contributed by atoms with Crippen LogP contribution in [-0.2, 0) is 17.8 Å². The van der Waals surface area contributed by atoms with Gasteiger partial charge in [0.2, 0.25) is 0 Å². The van der Waals surface area contributed by atoms with E-state index in [0.29, 0.717) is 32.2 Å². The summed E-state index contributed by atoms with van der Waals surface area (Å²) in [4.78, 5) is 20.6. The van der Waals surface area contributed by atoms with Crippen LogP contribution in [0.2, 0.25) is 0 Å².